The first-order valence-corrected chi connectivity index (χ1v) is 6.98. The fourth-order valence-electron chi connectivity index (χ4n) is 1.47. The van der Waals surface area contributed by atoms with Gasteiger partial charge in [0.05, 0.1) is 17.6 Å². The molecule has 0 saturated carbocycles. The number of nitrogens with zero attached hydrogens (tertiary/aromatic N) is 1. The maximum atomic E-state index is 13.3. The largest absolute Gasteiger partial charge is 0.444 e. The second kappa shape index (κ2) is 5.25. The highest BCUT2D eigenvalue weighted by molar-refractivity contribution is 7.98. The molecule has 0 atom stereocenters. The molecule has 1 aromatic carbocycles. The van der Waals surface area contributed by atoms with E-state index in [4.69, 9.17) is 10.2 Å². The summed E-state index contributed by atoms with van der Waals surface area (Å²) in [5.41, 5.74) is 5.54. The Morgan fingerprint density at radius 1 is 1.37 bits per heavy atom. The van der Waals surface area contributed by atoms with Gasteiger partial charge < -0.3 is 10.2 Å². The minimum atomic E-state index is -0.396. The summed E-state index contributed by atoms with van der Waals surface area (Å²) in [6, 6.07) is 4.78. The lowest BCUT2D eigenvalue weighted by Crippen LogP contribution is -2.09. The molecule has 3 nitrogen and oxygen atoms in total. The Morgan fingerprint density at radius 3 is 2.68 bits per heavy atom. The van der Waals surface area contributed by atoms with Gasteiger partial charge in [-0.3, -0.25) is 0 Å². The lowest BCUT2D eigenvalue weighted by Gasteiger charge is -2.13. The lowest BCUT2D eigenvalue weighted by molar-refractivity contribution is 0.391. The Bertz CT molecular complexity index is 575. The molecular weight excluding hydrogens is 263 g/mol. The van der Waals surface area contributed by atoms with Crippen LogP contribution in [0.2, 0.25) is 0 Å². The van der Waals surface area contributed by atoms with Gasteiger partial charge in [0.2, 0.25) is 5.89 Å². The van der Waals surface area contributed by atoms with E-state index in [9.17, 15) is 4.39 Å². The van der Waals surface area contributed by atoms with Crippen LogP contribution in [0.25, 0.3) is 0 Å². The molecule has 0 unspecified atom stereocenters. The predicted octanol–water partition coefficient (Wildman–Crippen LogP) is 3.99. The number of rotatable bonds is 3. The molecule has 0 fully saturated rings. The molecule has 2 rings (SSSR count). The van der Waals surface area contributed by atoms with Crippen LogP contribution < -0.4 is 5.73 Å². The number of halogens is 1. The predicted molar refractivity (Wildman–Crippen MR) is 75.6 cm³/mol. The second-order valence-corrected chi connectivity index (χ2v) is 6.39. The van der Waals surface area contributed by atoms with E-state index in [1.54, 1.807) is 18.3 Å². The van der Waals surface area contributed by atoms with Crippen LogP contribution in [-0.4, -0.2) is 4.98 Å². The maximum absolute atomic E-state index is 13.3. The van der Waals surface area contributed by atoms with E-state index in [0.29, 0.717) is 11.6 Å². The first-order valence-electron chi connectivity index (χ1n) is 5.99. The van der Waals surface area contributed by atoms with Crippen molar-refractivity contribution in [3.63, 3.8) is 0 Å². The Hall–Kier alpha value is -1.49. The molecule has 0 amide bonds. The van der Waals surface area contributed by atoms with Crippen LogP contribution in [0.15, 0.2) is 33.7 Å². The van der Waals surface area contributed by atoms with Crippen LogP contribution in [0.3, 0.4) is 0 Å². The molecule has 2 N–H and O–H groups in total. The van der Waals surface area contributed by atoms with E-state index in [1.165, 1.54) is 17.8 Å². The number of aromatic nitrogens is 1. The maximum Gasteiger partial charge on any atom is 0.204 e. The van der Waals surface area contributed by atoms with Gasteiger partial charge in [-0.15, -0.1) is 11.8 Å². The summed E-state index contributed by atoms with van der Waals surface area (Å²) in [6.07, 6.45) is 1.75. The molecular formula is C14H17FN2OS. The third-order valence-corrected chi connectivity index (χ3v) is 3.61. The number of hydrogen-bond donors (Lipinski definition) is 1. The van der Waals surface area contributed by atoms with Crippen LogP contribution in [0.5, 0.6) is 0 Å². The number of thioether (sulfide) groups is 1. The van der Waals surface area contributed by atoms with Crippen molar-refractivity contribution >= 4 is 17.4 Å². The van der Waals surface area contributed by atoms with Crippen molar-refractivity contribution in [2.24, 2.45) is 0 Å². The minimum Gasteiger partial charge on any atom is -0.444 e. The van der Waals surface area contributed by atoms with Gasteiger partial charge in [0.15, 0.2) is 0 Å². The first-order chi connectivity index (χ1) is 8.86. The van der Waals surface area contributed by atoms with Crippen molar-refractivity contribution in [2.45, 2.75) is 36.8 Å². The number of nitrogen functional groups attached to an aromatic ring is 1. The third kappa shape index (κ3) is 3.50. The summed E-state index contributed by atoms with van der Waals surface area (Å²) in [7, 11) is 0. The van der Waals surface area contributed by atoms with Crippen molar-refractivity contribution in [2.75, 3.05) is 5.73 Å². The Balaban J connectivity index is 2.02. The molecule has 102 valence electrons. The summed E-state index contributed by atoms with van der Waals surface area (Å²) >= 11 is 1.47. The molecule has 19 heavy (non-hydrogen) atoms. The van der Waals surface area contributed by atoms with Gasteiger partial charge in [0.1, 0.15) is 11.6 Å². The summed E-state index contributed by atoms with van der Waals surface area (Å²) < 4.78 is 19.0. The molecule has 0 bridgehead atoms. The number of nitrogens with two attached hydrogens (primary N) is 1. The van der Waals surface area contributed by atoms with Gasteiger partial charge in [-0.05, 0) is 18.2 Å². The zero-order chi connectivity index (χ0) is 14.0. The van der Waals surface area contributed by atoms with E-state index in [-0.39, 0.29) is 11.1 Å². The molecule has 0 spiro atoms. The Kier molecular flexibility index (Phi) is 3.85. The molecule has 1 heterocycles. The van der Waals surface area contributed by atoms with E-state index in [0.717, 1.165) is 10.7 Å². The van der Waals surface area contributed by atoms with Gasteiger partial charge in [-0.1, -0.05) is 20.8 Å². The van der Waals surface area contributed by atoms with Crippen molar-refractivity contribution < 1.29 is 8.81 Å². The first kappa shape index (κ1) is 13.9. The summed E-state index contributed by atoms with van der Waals surface area (Å²) in [6.45, 7) is 6.21. The average Bonchev–Trinajstić information content (AvgIpc) is 2.79. The summed E-state index contributed by atoms with van der Waals surface area (Å²) in [4.78, 5) is 5.04. The number of benzene rings is 1. The van der Waals surface area contributed by atoms with E-state index in [2.05, 4.69) is 25.8 Å². The van der Waals surface area contributed by atoms with Gasteiger partial charge in [0.25, 0.3) is 0 Å². The highest BCUT2D eigenvalue weighted by Crippen LogP contribution is 2.28. The van der Waals surface area contributed by atoms with Crippen molar-refractivity contribution in [1.29, 1.82) is 0 Å². The van der Waals surface area contributed by atoms with Crippen molar-refractivity contribution in [1.82, 2.24) is 4.98 Å². The number of hydrogen-bond acceptors (Lipinski definition) is 4. The van der Waals surface area contributed by atoms with Crippen molar-refractivity contribution in [3.8, 4) is 0 Å². The molecule has 2 aromatic rings. The van der Waals surface area contributed by atoms with Gasteiger partial charge >= 0.3 is 0 Å². The fourth-order valence-corrected chi connectivity index (χ4v) is 2.24. The standard InChI is InChI=1S/C14H17FN2OS/c1-14(2,3)12-7-17-13(18-12)8-19-9-4-5-11(16)10(15)6-9/h4-7H,8,16H2,1-3H3. The topological polar surface area (TPSA) is 52.0 Å². The van der Waals surface area contributed by atoms with E-state index >= 15 is 0 Å². The van der Waals surface area contributed by atoms with Crippen molar-refractivity contribution in [3.05, 3.63) is 41.9 Å². The molecule has 0 aliphatic heterocycles. The van der Waals surface area contributed by atoms with Crippen LogP contribution >= 0.6 is 11.8 Å². The van der Waals surface area contributed by atoms with E-state index < -0.39 is 5.82 Å². The fraction of sp³-hybridized carbons (Fsp3) is 0.357. The summed E-state index contributed by atoms with van der Waals surface area (Å²) in [5, 5.41) is 0. The smallest absolute Gasteiger partial charge is 0.204 e. The quantitative estimate of drug-likeness (QED) is 0.682. The molecule has 0 aliphatic rings. The normalized spacial score (nSPS) is 11.8. The van der Waals surface area contributed by atoms with Crippen LogP contribution in [0.1, 0.15) is 32.4 Å². The third-order valence-electron chi connectivity index (χ3n) is 2.63. The van der Waals surface area contributed by atoms with Crippen LogP contribution in [0.4, 0.5) is 10.1 Å². The Labute approximate surface area is 116 Å². The minimum absolute atomic E-state index is 0.0524. The van der Waals surface area contributed by atoms with Gasteiger partial charge in [-0.25, -0.2) is 9.37 Å². The molecule has 0 saturated heterocycles. The van der Waals surface area contributed by atoms with Gasteiger partial charge in [-0.2, -0.15) is 0 Å². The second-order valence-electron chi connectivity index (χ2n) is 5.34. The van der Waals surface area contributed by atoms with Crippen LogP contribution in [0, 0.1) is 5.82 Å². The molecule has 1 aromatic heterocycles. The van der Waals surface area contributed by atoms with E-state index in [1.807, 2.05) is 0 Å². The summed E-state index contributed by atoms with van der Waals surface area (Å²) in [5.74, 6) is 1.67. The number of anilines is 1. The number of oxazole rings is 1. The lowest BCUT2D eigenvalue weighted by atomic mass is 9.94. The monoisotopic (exact) mass is 280 g/mol. The molecule has 0 radical (unpaired) electrons. The molecule has 5 heteroatoms. The SMILES string of the molecule is CC(C)(C)c1cnc(CSc2ccc(N)c(F)c2)o1. The highest BCUT2D eigenvalue weighted by atomic mass is 32.2. The molecule has 0 aliphatic carbocycles. The van der Waals surface area contributed by atoms with Gasteiger partial charge in [0, 0.05) is 10.3 Å². The van der Waals surface area contributed by atoms with Crippen LogP contribution in [-0.2, 0) is 11.2 Å². The average molecular weight is 280 g/mol. The zero-order valence-electron chi connectivity index (χ0n) is 11.2. The highest BCUT2D eigenvalue weighted by Gasteiger charge is 2.19. The Morgan fingerprint density at radius 2 is 2.11 bits per heavy atom. The zero-order valence-corrected chi connectivity index (χ0v) is 12.1.